The molecule has 0 aromatic carbocycles. The summed E-state index contributed by atoms with van der Waals surface area (Å²) in [5, 5.41) is 5.60. The van der Waals surface area contributed by atoms with Crippen molar-refractivity contribution in [1.29, 1.82) is 0 Å². The maximum Gasteiger partial charge on any atom is 0.0213 e. The van der Waals surface area contributed by atoms with E-state index < -0.39 is 0 Å². The fraction of sp³-hybridized carbons (Fsp3) is 0.667. The molecule has 1 aromatic heterocycles. The first-order chi connectivity index (χ1) is 6.72. The molecule has 0 aliphatic heterocycles. The molecule has 2 rings (SSSR count). The van der Waals surface area contributed by atoms with E-state index in [0.29, 0.717) is 0 Å². The quantitative estimate of drug-likeness (QED) is 0.789. The molecule has 0 saturated heterocycles. The molecule has 0 fully saturated rings. The van der Waals surface area contributed by atoms with E-state index in [1.807, 2.05) is 18.4 Å². The van der Waals surface area contributed by atoms with E-state index in [-0.39, 0.29) is 0 Å². The van der Waals surface area contributed by atoms with E-state index in [1.165, 1.54) is 18.4 Å². The second-order valence-corrected chi connectivity index (χ2v) is 5.49. The lowest BCUT2D eigenvalue weighted by molar-refractivity contribution is 0.453. The number of thiophene rings is 1. The Hall–Kier alpha value is -0.340. The van der Waals surface area contributed by atoms with Crippen molar-refractivity contribution in [1.82, 2.24) is 5.32 Å². The van der Waals surface area contributed by atoms with Gasteiger partial charge < -0.3 is 5.32 Å². The van der Waals surface area contributed by atoms with Gasteiger partial charge in [0.2, 0.25) is 0 Å². The van der Waals surface area contributed by atoms with E-state index in [1.54, 1.807) is 10.4 Å². The number of nitrogens with one attached hydrogen (secondary N) is 1. The molecule has 0 saturated carbocycles. The molecular weight excluding hydrogens is 190 g/mol. The Bertz CT molecular complexity index is 316. The van der Waals surface area contributed by atoms with Gasteiger partial charge in [-0.25, -0.2) is 0 Å². The average molecular weight is 209 g/mol. The first-order valence-electron chi connectivity index (χ1n) is 5.46. The van der Waals surface area contributed by atoms with Crippen molar-refractivity contribution < 1.29 is 0 Å². The monoisotopic (exact) mass is 209 g/mol. The molecule has 2 unspecified atom stereocenters. The van der Waals surface area contributed by atoms with Crippen molar-refractivity contribution >= 4 is 11.3 Å². The van der Waals surface area contributed by atoms with E-state index in [2.05, 4.69) is 24.5 Å². The van der Waals surface area contributed by atoms with Gasteiger partial charge in [-0.15, -0.1) is 11.3 Å². The Morgan fingerprint density at radius 1 is 1.50 bits per heavy atom. The maximum absolute atomic E-state index is 3.26. The minimum Gasteiger partial charge on any atom is -0.316 e. The number of hydrogen-bond acceptors (Lipinski definition) is 2. The van der Waals surface area contributed by atoms with Gasteiger partial charge in [-0.1, -0.05) is 13.8 Å². The van der Waals surface area contributed by atoms with Gasteiger partial charge in [-0.2, -0.15) is 0 Å². The van der Waals surface area contributed by atoms with E-state index in [0.717, 1.165) is 18.4 Å². The lowest BCUT2D eigenvalue weighted by atomic mass is 9.82. The maximum atomic E-state index is 3.26. The smallest absolute Gasteiger partial charge is 0.0213 e. The van der Waals surface area contributed by atoms with E-state index >= 15 is 0 Å². The number of rotatable bonds is 2. The van der Waals surface area contributed by atoms with Crippen LogP contribution in [-0.4, -0.2) is 7.05 Å². The van der Waals surface area contributed by atoms with Crippen LogP contribution in [-0.2, 0) is 13.0 Å². The Balaban J connectivity index is 2.31. The highest BCUT2D eigenvalue weighted by molar-refractivity contribution is 7.10. The molecular formula is C12H19NS. The third-order valence-electron chi connectivity index (χ3n) is 3.14. The second-order valence-electron chi connectivity index (χ2n) is 4.58. The molecule has 0 spiro atoms. The number of hydrogen-bond donors (Lipinski definition) is 1. The van der Waals surface area contributed by atoms with E-state index in [4.69, 9.17) is 0 Å². The van der Waals surface area contributed by atoms with Gasteiger partial charge in [0.25, 0.3) is 0 Å². The minimum absolute atomic E-state index is 0.782. The molecule has 1 aliphatic carbocycles. The first-order valence-corrected chi connectivity index (χ1v) is 6.34. The molecule has 1 N–H and O–H groups in total. The Morgan fingerprint density at radius 3 is 3.00 bits per heavy atom. The zero-order chi connectivity index (χ0) is 10.1. The van der Waals surface area contributed by atoms with Gasteiger partial charge in [0.15, 0.2) is 0 Å². The third-order valence-corrected chi connectivity index (χ3v) is 4.44. The summed E-state index contributed by atoms with van der Waals surface area (Å²) in [6.45, 7) is 5.78. The molecule has 2 heteroatoms. The van der Waals surface area contributed by atoms with Crippen LogP contribution in [0.4, 0.5) is 0 Å². The molecule has 14 heavy (non-hydrogen) atoms. The van der Waals surface area contributed by atoms with Crippen molar-refractivity contribution in [3.63, 3.8) is 0 Å². The zero-order valence-corrected chi connectivity index (χ0v) is 10.1. The highest BCUT2D eigenvalue weighted by Crippen LogP contribution is 2.39. The summed E-state index contributed by atoms with van der Waals surface area (Å²) in [4.78, 5) is 1.65. The van der Waals surface area contributed by atoms with E-state index in [9.17, 15) is 0 Å². The van der Waals surface area contributed by atoms with Crippen molar-refractivity contribution in [3.8, 4) is 0 Å². The molecule has 1 heterocycles. The summed E-state index contributed by atoms with van der Waals surface area (Å²) >= 11 is 1.96. The molecule has 0 radical (unpaired) electrons. The predicted molar refractivity (Wildman–Crippen MR) is 63.0 cm³/mol. The van der Waals surface area contributed by atoms with Gasteiger partial charge >= 0.3 is 0 Å². The van der Waals surface area contributed by atoms with Crippen LogP contribution in [0, 0.1) is 5.92 Å². The van der Waals surface area contributed by atoms with Gasteiger partial charge in [-0.05, 0) is 48.2 Å². The Kier molecular flexibility index (Phi) is 2.93. The molecule has 2 atom stereocenters. The predicted octanol–water partition coefficient (Wildman–Crippen LogP) is 3.15. The van der Waals surface area contributed by atoms with Crippen LogP contribution in [0.1, 0.15) is 42.2 Å². The van der Waals surface area contributed by atoms with Crippen molar-refractivity contribution in [2.45, 2.75) is 39.2 Å². The minimum atomic E-state index is 0.782. The lowest BCUT2D eigenvalue weighted by Crippen LogP contribution is -2.15. The van der Waals surface area contributed by atoms with Gasteiger partial charge in [-0.3, -0.25) is 0 Å². The molecule has 0 amide bonds. The van der Waals surface area contributed by atoms with Crippen LogP contribution in [0.15, 0.2) is 5.38 Å². The molecule has 78 valence electrons. The average Bonchev–Trinajstić information content (AvgIpc) is 2.49. The summed E-state index contributed by atoms with van der Waals surface area (Å²) < 4.78 is 0. The Labute approximate surface area is 90.5 Å². The van der Waals surface area contributed by atoms with Gasteiger partial charge in [0, 0.05) is 11.4 Å². The van der Waals surface area contributed by atoms with Gasteiger partial charge in [0.05, 0.1) is 0 Å². The Morgan fingerprint density at radius 2 is 2.29 bits per heavy atom. The normalized spacial score (nSPS) is 26.2. The summed E-state index contributed by atoms with van der Waals surface area (Å²) in [5.74, 6) is 1.65. The first kappa shape index (κ1) is 10.2. The summed E-state index contributed by atoms with van der Waals surface area (Å²) in [6, 6.07) is 0. The zero-order valence-electron chi connectivity index (χ0n) is 9.26. The van der Waals surface area contributed by atoms with Gasteiger partial charge in [0.1, 0.15) is 0 Å². The third kappa shape index (κ3) is 1.73. The topological polar surface area (TPSA) is 12.0 Å². The largest absolute Gasteiger partial charge is 0.316 e. The van der Waals surface area contributed by atoms with Crippen molar-refractivity contribution in [2.24, 2.45) is 5.92 Å². The fourth-order valence-corrected chi connectivity index (χ4v) is 3.74. The second kappa shape index (κ2) is 4.03. The van der Waals surface area contributed by atoms with Crippen LogP contribution in [0.25, 0.3) is 0 Å². The molecule has 0 bridgehead atoms. The molecule has 1 aliphatic rings. The van der Waals surface area contributed by atoms with Crippen molar-refractivity contribution in [3.05, 3.63) is 21.4 Å². The van der Waals surface area contributed by atoms with Crippen molar-refractivity contribution in [2.75, 3.05) is 7.05 Å². The molecule has 1 aromatic rings. The fourth-order valence-electron chi connectivity index (χ4n) is 2.56. The standard InChI is InChI=1S/C12H19NS/c1-8-4-9(2)12-11(5-8)10(6-13-3)7-14-12/h7-9,13H,4-6H2,1-3H3. The SMILES string of the molecule is CNCc1csc2c1CC(C)CC2C. The summed E-state index contributed by atoms with van der Waals surface area (Å²) in [6.07, 6.45) is 2.66. The number of fused-ring (bicyclic) bond motifs is 1. The summed E-state index contributed by atoms with van der Waals surface area (Å²) in [7, 11) is 2.03. The van der Waals surface area contributed by atoms with Crippen LogP contribution >= 0.6 is 11.3 Å². The highest BCUT2D eigenvalue weighted by Gasteiger charge is 2.24. The van der Waals surface area contributed by atoms with Crippen LogP contribution in [0.3, 0.4) is 0 Å². The van der Waals surface area contributed by atoms with Crippen LogP contribution in [0.2, 0.25) is 0 Å². The summed E-state index contributed by atoms with van der Waals surface area (Å²) in [5.41, 5.74) is 3.18. The lowest BCUT2D eigenvalue weighted by Gasteiger charge is -2.25. The van der Waals surface area contributed by atoms with Crippen LogP contribution < -0.4 is 5.32 Å². The molecule has 1 nitrogen and oxygen atoms in total. The van der Waals surface area contributed by atoms with Crippen LogP contribution in [0.5, 0.6) is 0 Å². The highest BCUT2D eigenvalue weighted by atomic mass is 32.1.